The van der Waals surface area contributed by atoms with Crippen molar-refractivity contribution in [2.24, 2.45) is 5.92 Å². The van der Waals surface area contributed by atoms with Gasteiger partial charge in [-0.1, -0.05) is 38.2 Å². The molecule has 0 aromatic rings. The number of aliphatic hydroxyl groups excluding tert-OH is 2. The lowest BCUT2D eigenvalue weighted by atomic mass is 9.66. The van der Waals surface area contributed by atoms with Crippen LogP contribution in [0.25, 0.3) is 0 Å². The second kappa shape index (κ2) is 3.83. The Hall–Kier alpha value is -0.835. The number of hydrogen-bond donors (Lipinski definition) is 2. The summed E-state index contributed by atoms with van der Waals surface area (Å²) in [5.41, 5.74) is 1.91. The largest absolute Gasteiger partial charge is 0.387 e. The van der Waals surface area contributed by atoms with Crippen molar-refractivity contribution in [1.29, 1.82) is 0 Å². The Morgan fingerprint density at radius 2 is 1.83 bits per heavy atom. The van der Waals surface area contributed by atoms with Crippen LogP contribution in [-0.4, -0.2) is 42.5 Å². The number of hydrogen-bond acceptors (Lipinski definition) is 3. The Labute approximate surface area is 108 Å². The Bertz CT molecular complexity index is 464. The SMILES string of the molecule is [B]C1(C)C=C2C(=CC(C)/C=C\1)C1OC2C(O)C1O. The van der Waals surface area contributed by atoms with E-state index in [1.54, 1.807) is 0 Å². The lowest BCUT2D eigenvalue weighted by Crippen LogP contribution is -2.39. The molecule has 2 fully saturated rings. The summed E-state index contributed by atoms with van der Waals surface area (Å²) >= 11 is 0. The first-order valence-electron chi connectivity index (χ1n) is 6.34. The third kappa shape index (κ3) is 1.71. The van der Waals surface area contributed by atoms with E-state index in [-0.39, 0.29) is 5.92 Å². The molecule has 2 radical (unpaired) electrons. The zero-order chi connectivity index (χ0) is 13.1. The number of fused-ring (bicyclic) bond motifs is 5. The number of rotatable bonds is 0. The number of aliphatic hydroxyl groups is 2. The highest BCUT2D eigenvalue weighted by Crippen LogP contribution is 2.46. The average molecular weight is 244 g/mol. The van der Waals surface area contributed by atoms with Crippen molar-refractivity contribution >= 4 is 7.85 Å². The van der Waals surface area contributed by atoms with Gasteiger partial charge in [-0.3, -0.25) is 0 Å². The van der Waals surface area contributed by atoms with Gasteiger partial charge in [0.2, 0.25) is 0 Å². The average Bonchev–Trinajstić information content (AvgIpc) is 2.74. The molecule has 1 aliphatic carbocycles. The van der Waals surface area contributed by atoms with Gasteiger partial charge in [0, 0.05) is 0 Å². The lowest BCUT2D eigenvalue weighted by molar-refractivity contribution is 0.0308. The second-order valence-corrected chi connectivity index (χ2v) is 5.76. The molecule has 2 bridgehead atoms. The summed E-state index contributed by atoms with van der Waals surface area (Å²) in [6, 6.07) is 0. The smallest absolute Gasteiger partial charge is 0.113 e. The van der Waals surface area contributed by atoms with Gasteiger partial charge in [0.25, 0.3) is 0 Å². The first-order valence-corrected chi connectivity index (χ1v) is 6.34. The van der Waals surface area contributed by atoms with Gasteiger partial charge in [-0.15, -0.1) is 0 Å². The zero-order valence-electron chi connectivity index (χ0n) is 10.6. The van der Waals surface area contributed by atoms with Gasteiger partial charge < -0.3 is 14.9 Å². The van der Waals surface area contributed by atoms with E-state index in [2.05, 4.69) is 19.1 Å². The predicted molar refractivity (Wildman–Crippen MR) is 69.3 cm³/mol. The maximum Gasteiger partial charge on any atom is 0.113 e. The van der Waals surface area contributed by atoms with Crippen LogP contribution >= 0.6 is 0 Å². The molecule has 3 rings (SSSR count). The molecule has 0 amide bonds. The van der Waals surface area contributed by atoms with Crippen molar-refractivity contribution < 1.29 is 14.9 Å². The minimum atomic E-state index is -0.854. The van der Waals surface area contributed by atoms with Crippen molar-refractivity contribution in [2.75, 3.05) is 0 Å². The van der Waals surface area contributed by atoms with Crippen LogP contribution in [0.2, 0.25) is 5.31 Å². The quantitative estimate of drug-likeness (QED) is 0.491. The summed E-state index contributed by atoms with van der Waals surface area (Å²) in [4.78, 5) is 0. The van der Waals surface area contributed by atoms with E-state index in [1.807, 2.05) is 19.1 Å². The minimum absolute atomic E-state index is 0.235. The van der Waals surface area contributed by atoms with Crippen molar-refractivity contribution in [3.05, 3.63) is 35.5 Å². The second-order valence-electron chi connectivity index (χ2n) is 5.76. The Morgan fingerprint density at radius 3 is 2.50 bits per heavy atom. The van der Waals surface area contributed by atoms with Gasteiger partial charge in [-0.25, -0.2) is 0 Å². The van der Waals surface area contributed by atoms with E-state index in [0.29, 0.717) is 0 Å². The van der Waals surface area contributed by atoms with Crippen LogP contribution in [0.4, 0.5) is 0 Å². The van der Waals surface area contributed by atoms with Crippen molar-refractivity contribution in [2.45, 2.75) is 43.6 Å². The highest BCUT2D eigenvalue weighted by atomic mass is 16.5. The molecule has 6 atom stereocenters. The summed E-state index contributed by atoms with van der Waals surface area (Å²) < 4.78 is 5.68. The minimum Gasteiger partial charge on any atom is -0.387 e. The molecule has 94 valence electrons. The standard InChI is InChI=1S/C14H17BO3/c1-7-3-4-14(2,15)6-9-8(5-7)12-10(16)11(17)13(9)18-12/h3-7,10-13,16-17H,1-2H3/b4-3-,8-5?,9-6?. The van der Waals surface area contributed by atoms with Gasteiger partial charge >= 0.3 is 0 Å². The highest BCUT2D eigenvalue weighted by molar-refractivity contribution is 6.18. The molecule has 0 saturated carbocycles. The maximum atomic E-state index is 9.92. The molecular weight excluding hydrogens is 227 g/mol. The van der Waals surface area contributed by atoms with Gasteiger partial charge in [0.1, 0.15) is 24.4 Å². The Kier molecular flexibility index (Phi) is 2.60. The fourth-order valence-corrected chi connectivity index (χ4v) is 2.96. The summed E-state index contributed by atoms with van der Waals surface area (Å²) in [5.74, 6) is 0.235. The van der Waals surface area contributed by atoms with Crippen LogP contribution in [0.15, 0.2) is 35.5 Å². The molecule has 0 aromatic heterocycles. The summed E-state index contributed by atoms with van der Waals surface area (Å²) in [6.07, 6.45) is 5.48. The van der Waals surface area contributed by atoms with Gasteiger partial charge in [-0.05, 0) is 22.4 Å². The highest BCUT2D eigenvalue weighted by Gasteiger charge is 2.53. The van der Waals surface area contributed by atoms with E-state index in [0.717, 1.165) is 11.1 Å². The molecule has 2 aliphatic heterocycles. The Morgan fingerprint density at radius 1 is 1.22 bits per heavy atom. The Balaban J connectivity index is 2.10. The molecule has 0 spiro atoms. The van der Waals surface area contributed by atoms with E-state index >= 15 is 0 Å². The topological polar surface area (TPSA) is 49.7 Å². The number of ether oxygens (including phenoxy) is 1. The van der Waals surface area contributed by atoms with Crippen LogP contribution in [-0.2, 0) is 4.74 Å². The summed E-state index contributed by atoms with van der Waals surface area (Å²) in [6.45, 7) is 3.98. The normalized spacial score (nSPS) is 52.1. The van der Waals surface area contributed by atoms with Crippen LogP contribution in [0.1, 0.15) is 13.8 Å². The molecule has 2 N–H and O–H groups in total. The molecule has 3 nitrogen and oxygen atoms in total. The van der Waals surface area contributed by atoms with Gasteiger partial charge in [0.05, 0.1) is 7.85 Å². The van der Waals surface area contributed by atoms with Crippen LogP contribution in [0.5, 0.6) is 0 Å². The van der Waals surface area contributed by atoms with E-state index in [4.69, 9.17) is 12.6 Å². The first kappa shape index (κ1) is 12.2. The molecular formula is C14H17BO3. The van der Waals surface area contributed by atoms with Crippen molar-refractivity contribution in [3.63, 3.8) is 0 Å². The maximum absolute atomic E-state index is 9.92. The summed E-state index contributed by atoms with van der Waals surface area (Å²) in [5, 5.41) is 19.3. The molecule has 2 saturated heterocycles. The van der Waals surface area contributed by atoms with Gasteiger partial charge in [-0.2, -0.15) is 0 Å². The lowest BCUT2D eigenvalue weighted by Gasteiger charge is -2.28. The van der Waals surface area contributed by atoms with E-state index in [1.165, 1.54) is 0 Å². The molecule has 4 heteroatoms. The molecule has 3 aliphatic rings. The molecule has 2 heterocycles. The van der Waals surface area contributed by atoms with Crippen LogP contribution in [0, 0.1) is 5.92 Å². The molecule has 18 heavy (non-hydrogen) atoms. The first-order chi connectivity index (χ1) is 8.39. The zero-order valence-corrected chi connectivity index (χ0v) is 10.6. The van der Waals surface area contributed by atoms with Crippen LogP contribution in [0.3, 0.4) is 0 Å². The van der Waals surface area contributed by atoms with E-state index < -0.39 is 29.7 Å². The van der Waals surface area contributed by atoms with Crippen LogP contribution < -0.4 is 0 Å². The fourth-order valence-electron chi connectivity index (χ4n) is 2.96. The third-order valence-electron chi connectivity index (χ3n) is 3.88. The third-order valence-corrected chi connectivity index (χ3v) is 3.88. The van der Waals surface area contributed by atoms with Gasteiger partial charge in [0.15, 0.2) is 0 Å². The van der Waals surface area contributed by atoms with E-state index in [9.17, 15) is 10.2 Å². The fraction of sp³-hybridized carbons (Fsp3) is 0.571. The van der Waals surface area contributed by atoms with Crippen molar-refractivity contribution in [3.8, 4) is 0 Å². The monoisotopic (exact) mass is 244 g/mol. The summed E-state index contributed by atoms with van der Waals surface area (Å²) in [7, 11) is 6.19. The molecule has 0 aromatic carbocycles. The van der Waals surface area contributed by atoms with Crippen molar-refractivity contribution in [1.82, 2.24) is 0 Å². The molecule has 6 unspecified atom stereocenters. The number of allylic oxidation sites excluding steroid dienone is 4. The predicted octanol–water partition coefficient (Wildman–Crippen LogP) is 0.895.